The standard InChI is InChI=1S/C2H2B10N/c3-5-7-9-11-12-10-8-6-4-1-2-13/h1H2. The summed E-state index contributed by atoms with van der Waals surface area (Å²) in [4.78, 5) is 0. The van der Waals surface area contributed by atoms with Gasteiger partial charge in [0.15, 0.2) is 0 Å². The molecule has 0 aliphatic carbocycles. The van der Waals surface area contributed by atoms with E-state index in [1.807, 2.05) is 48.4 Å². The van der Waals surface area contributed by atoms with Crippen molar-refractivity contribution in [1.29, 1.82) is 5.26 Å². The molecule has 0 heterocycles. The fourth-order valence-electron chi connectivity index (χ4n) is 0.584. The highest BCUT2D eigenvalue weighted by atomic mass is 14.2. The molecule has 0 fully saturated rings. The molecule has 45 valence electrons. The Labute approximate surface area is 89.4 Å². The van der Waals surface area contributed by atoms with Crippen LogP contribution in [0.3, 0.4) is 0 Å². The van der Waals surface area contributed by atoms with Gasteiger partial charge in [-0.3, -0.25) is 0 Å². The largest absolute Gasteiger partial charge is 0.199 e. The lowest BCUT2D eigenvalue weighted by Crippen LogP contribution is -2.31. The van der Waals surface area contributed by atoms with Gasteiger partial charge >= 0.3 is 0 Å². The Balaban J connectivity index is 2.80. The van der Waals surface area contributed by atoms with Gasteiger partial charge in [-0.25, -0.2) is 0 Å². The third-order valence-corrected chi connectivity index (χ3v) is 1.12. The van der Waals surface area contributed by atoms with Gasteiger partial charge in [0.2, 0.25) is 0 Å². The lowest BCUT2D eigenvalue weighted by molar-refractivity contribution is 1.48. The van der Waals surface area contributed by atoms with Crippen LogP contribution in [0.4, 0.5) is 0 Å². The Morgan fingerprint density at radius 1 is 0.923 bits per heavy atom. The molecule has 13 heavy (non-hydrogen) atoms. The van der Waals surface area contributed by atoms with E-state index in [2.05, 4.69) is 0 Å². The average molecular weight is 148 g/mol. The van der Waals surface area contributed by atoms with Gasteiger partial charge in [-0.1, -0.05) is 0 Å². The molecule has 0 aliphatic rings. The Hall–Kier alpha value is 0.139. The maximum atomic E-state index is 8.20. The monoisotopic (exact) mass is 150 g/mol. The Kier molecular flexibility index (Phi) is 12.3. The quantitative estimate of drug-likeness (QED) is 0.248. The van der Waals surface area contributed by atoms with Crippen molar-refractivity contribution in [1.82, 2.24) is 0 Å². The first-order valence-electron chi connectivity index (χ1n) is 3.99. The van der Waals surface area contributed by atoms with E-state index in [0.717, 1.165) is 0 Å². The molecular weight excluding hydrogens is 146 g/mol. The van der Waals surface area contributed by atoms with Crippen LogP contribution >= 0.6 is 0 Å². The van der Waals surface area contributed by atoms with Crippen LogP contribution in [0.2, 0.25) is 6.32 Å². The highest BCUT2D eigenvalue weighted by molar-refractivity contribution is 7.68. The number of hydrogen-bond acceptors (Lipinski definition) is 1. The first-order chi connectivity index (χ1) is 6.41. The highest BCUT2D eigenvalue weighted by Crippen LogP contribution is 1.68. The Morgan fingerprint density at radius 2 is 1.46 bits per heavy atom. The minimum atomic E-state index is 0.454. The van der Waals surface area contributed by atoms with Crippen molar-refractivity contribution in [2.75, 3.05) is 0 Å². The van der Waals surface area contributed by atoms with Crippen molar-refractivity contribution in [2.45, 2.75) is 6.32 Å². The van der Waals surface area contributed by atoms with Crippen LogP contribution in [0.5, 0.6) is 0 Å². The number of nitriles is 1. The zero-order chi connectivity index (χ0) is 9.78. The molecule has 0 aliphatic heterocycles. The van der Waals surface area contributed by atoms with Crippen molar-refractivity contribution in [3.05, 3.63) is 0 Å². The second-order valence-corrected chi connectivity index (χ2v) is 2.14. The summed E-state index contributed by atoms with van der Waals surface area (Å²) in [5, 5.41) is 8.20. The molecule has 0 unspecified atom stereocenters. The van der Waals surface area contributed by atoms with Gasteiger partial charge in [0, 0.05) is 64.2 Å². The summed E-state index contributed by atoms with van der Waals surface area (Å²) >= 11 is 0. The molecule has 0 N–H and O–H groups in total. The Morgan fingerprint density at radius 3 is 2.00 bits per heavy atom. The topological polar surface area (TPSA) is 23.8 Å². The summed E-state index contributed by atoms with van der Waals surface area (Å²) in [6.45, 7) is 0. The molecule has 0 aromatic carbocycles. The number of hydrogen-bond donors (Lipinski definition) is 0. The van der Waals surface area contributed by atoms with E-state index in [-0.39, 0.29) is 0 Å². The first-order valence-corrected chi connectivity index (χ1v) is 3.99. The predicted octanol–water partition coefficient (Wildman–Crippen LogP) is -3.33. The van der Waals surface area contributed by atoms with E-state index in [9.17, 15) is 0 Å². The van der Waals surface area contributed by atoms with Crippen molar-refractivity contribution in [2.24, 2.45) is 0 Å². The van der Waals surface area contributed by atoms with E-state index in [1.165, 1.54) is 7.06 Å². The molecular formula is C2H2B10N. The van der Waals surface area contributed by atoms with E-state index in [0.29, 0.717) is 6.32 Å². The lowest BCUT2D eigenvalue weighted by Gasteiger charge is -1.94. The van der Waals surface area contributed by atoms with Crippen LogP contribution in [0, 0.1) is 11.3 Å². The van der Waals surface area contributed by atoms with Crippen molar-refractivity contribution in [3.8, 4) is 6.07 Å². The predicted molar refractivity (Wildman–Crippen MR) is 68.0 cm³/mol. The smallest absolute Gasteiger partial charge is 0.0734 e. The summed E-state index contributed by atoms with van der Waals surface area (Å²) in [5.41, 5.74) is 0. The third kappa shape index (κ3) is 12.1. The van der Waals surface area contributed by atoms with Gasteiger partial charge in [-0.05, 0) is 6.32 Å². The normalized spacial score (nSPS) is 7.00. The molecule has 0 aromatic heterocycles. The van der Waals surface area contributed by atoms with Crippen LogP contribution in [-0.2, 0) is 0 Å². The van der Waals surface area contributed by atoms with Crippen molar-refractivity contribution >= 4 is 71.4 Å². The molecule has 0 saturated heterocycles. The summed E-state index contributed by atoms with van der Waals surface area (Å²) in [6.07, 6.45) is 0.454. The van der Waals surface area contributed by atoms with E-state index in [4.69, 9.17) is 13.0 Å². The van der Waals surface area contributed by atoms with E-state index >= 15 is 0 Å². The highest BCUT2D eigenvalue weighted by Gasteiger charge is 1.96. The van der Waals surface area contributed by atoms with Crippen LogP contribution in [0.1, 0.15) is 0 Å². The fourth-order valence-corrected chi connectivity index (χ4v) is 0.584. The second kappa shape index (κ2) is 12.1. The molecule has 0 bridgehead atoms. The number of rotatable bonds is 9. The van der Waals surface area contributed by atoms with Crippen LogP contribution in [0.25, 0.3) is 0 Å². The lowest BCUT2D eigenvalue weighted by atomic mass is 8.89. The van der Waals surface area contributed by atoms with Gasteiger partial charge in [-0.15, -0.1) is 0 Å². The van der Waals surface area contributed by atoms with Crippen molar-refractivity contribution < 1.29 is 0 Å². The maximum absolute atomic E-state index is 8.20. The van der Waals surface area contributed by atoms with Crippen molar-refractivity contribution in [3.63, 3.8) is 0 Å². The SMILES string of the molecule is [B][B][B][B][B][B][B][B][B][B]CC#N. The maximum Gasteiger partial charge on any atom is 0.0734 e. The summed E-state index contributed by atoms with van der Waals surface area (Å²) in [6, 6.07) is 2.02. The summed E-state index contributed by atoms with van der Waals surface area (Å²) in [7, 11) is 21.3. The van der Waals surface area contributed by atoms with Gasteiger partial charge < -0.3 is 0 Å². The molecule has 1 nitrogen and oxygen atoms in total. The van der Waals surface area contributed by atoms with Crippen LogP contribution in [0.15, 0.2) is 0 Å². The first kappa shape index (κ1) is 13.1. The molecule has 11 radical (unpaired) electrons. The zero-order valence-corrected chi connectivity index (χ0v) is 7.43. The molecule has 0 spiro atoms. The zero-order valence-electron chi connectivity index (χ0n) is 7.43. The van der Waals surface area contributed by atoms with E-state index < -0.39 is 0 Å². The minimum absolute atomic E-state index is 0.454. The Bertz CT molecular complexity index is 131. The molecule has 0 rings (SSSR count). The molecule has 0 atom stereocenters. The third-order valence-electron chi connectivity index (χ3n) is 1.12. The number of nitrogens with zero attached hydrogens (tertiary/aromatic N) is 1. The van der Waals surface area contributed by atoms with Crippen LogP contribution in [-0.4, -0.2) is 71.4 Å². The summed E-state index contributed by atoms with van der Waals surface area (Å²) < 4.78 is 0. The summed E-state index contributed by atoms with van der Waals surface area (Å²) in [5.74, 6) is 0. The van der Waals surface area contributed by atoms with Gasteiger partial charge in [0.05, 0.1) is 13.2 Å². The van der Waals surface area contributed by atoms with Crippen LogP contribution < -0.4 is 0 Å². The molecule has 0 aromatic rings. The van der Waals surface area contributed by atoms with Gasteiger partial charge in [0.25, 0.3) is 0 Å². The minimum Gasteiger partial charge on any atom is -0.199 e. The average Bonchev–Trinajstić information content (AvgIpc) is 2.16. The van der Waals surface area contributed by atoms with Gasteiger partial charge in [-0.2, -0.15) is 5.26 Å². The molecule has 11 heteroatoms. The molecule has 0 saturated carbocycles. The van der Waals surface area contributed by atoms with E-state index in [1.54, 1.807) is 14.2 Å². The fraction of sp³-hybridized carbons (Fsp3) is 0.500. The second-order valence-electron chi connectivity index (χ2n) is 2.14. The van der Waals surface area contributed by atoms with Gasteiger partial charge in [0.1, 0.15) is 0 Å². The molecule has 0 amide bonds.